The van der Waals surface area contributed by atoms with Gasteiger partial charge in [0.1, 0.15) is 0 Å². The first-order valence-electron chi connectivity index (χ1n) is 8.02. The van der Waals surface area contributed by atoms with Crippen LogP contribution in [0.1, 0.15) is 45.7 Å². The zero-order chi connectivity index (χ0) is 16.8. The molecule has 3 nitrogen and oxygen atoms in total. The van der Waals surface area contributed by atoms with Gasteiger partial charge in [-0.1, -0.05) is 57.2 Å². The van der Waals surface area contributed by atoms with Crippen molar-refractivity contribution in [3.63, 3.8) is 0 Å². The molecule has 0 aliphatic carbocycles. The molecule has 1 heterocycles. The SMILES string of the molecule is CC1(C)NNC(=O)/C1=C\c1ccc(C(C)(C)C)c2ccccc12. The van der Waals surface area contributed by atoms with E-state index < -0.39 is 0 Å². The molecule has 1 aliphatic heterocycles. The number of hydrogen-bond donors (Lipinski definition) is 2. The number of hydrogen-bond acceptors (Lipinski definition) is 2. The molecule has 120 valence electrons. The molecule has 0 unspecified atom stereocenters. The largest absolute Gasteiger partial charge is 0.287 e. The van der Waals surface area contributed by atoms with Crippen molar-refractivity contribution in [1.82, 2.24) is 10.9 Å². The van der Waals surface area contributed by atoms with Gasteiger partial charge in [0.15, 0.2) is 0 Å². The van der Waals surface area contributed by atoms with Crippen molar-refractivity contribution in [3.05, 3.63) is 53.1 Å². The van der Waals surface area contributed by atoms with Crippen molar-refractivity contribution in [2.75, 3.05) is 0 Å². The Morgan fingerprint density at radius 2 is 1.65 bits per heavy atom. The first kappa shape index (κ1) is 15.8. The average Bonchev–Trinajstić information content (AvgIpc) is 2.73. The van der Waals surface area contributed by atoms with Crippen LogP contribution in [-0.2, 0) is 10.2 Å². The van der Waals surface area contributed by atoms with E-state index in [1.807, 2.05) is 19.9 Å². The molecule has 2 N–H and O–H groups in total. The summed E-state index contributed by atoms with van der Waals surface area (Å²) in [6, 6.07) is 12.7. The molecule has 2 aromatic carbocycles. The van der Waals surface area contributed by atoms with E-state index in [0.717, 1.165) is 11.1 Å². The Morgan fingerprint density at radius 1 is 1.00 bits per heavy atom. The van der Waals surface area contributed by atoms with Crippen molar-refractivity contribution in [2.24, 2.45) is 0 Å². The lowest BCUT2D eigenvalue weighted by molar-refractivity contribution is -0.116. The number of fused-ring (bicyclic) bond motifs is 1. The Hall–Kier alpha value is -2.13. The van der Waals surface area contributed by atoms with E-state index in [4.69, 9.17) is 0 Å². The number of rotatable bonds is 1. The molecule has 0 radical (unpaired) electrons. The molecule has 23 heavy (non-hydrogen) atoms. The highest BCUT2D eigenvalue weighted by Crippen LogP contribution is 2.33. The van der Waals surface area contributed by atoms with Gasteiger partial charge in [0.05, 0.1) is 5.54 Å². The zero-order valence-corrected chi connectivity index (χ0v) is 14.4. The van der Waals surface area contributed by atoms with Gasteiger partial charge in [-0.25, -0.2) is 5.43 Å². The van der Waals surface area contributed by atoms with E-state index in [1.165, 1.54) is 16.3 Å². The normalized spacial score (nSPS) is 19.3. The summed E-state index contributed by atoms with van der Waals surface area (Å²) in [4.78, 5) is 12.1. The fourth-order valence-corrected chi connectivity index (χ4v) is 3.14. The van der Waals surface area contributed by atoms with Gasteiger partial charge >= 0.3 is 0 Å². The number of nitrogens with one attached hydrogen (secondary N) is 2. The summed E-state index contributed by atoms with van der Waals surface area (Å²) in [5, 5.41) is 2.43. The Morgan fingerprint density at radius 3 is 2.22 bits per heavy atom. The number of hydrazine groups is 1. The molecule has 3 heteroatoms. The molecule has 0 bridgehead atoms. The molecule has 0 saturated carbocycles. The first-order chi connectivity index (χ1) is 10.7. The predicted octanol–water partition coefficient (Wildman–Crippen LogP) is 3.93. The average molecular weight is 308 g/mol. The van der Waals surface area contributed by atoms with E-state index >= 15 is 0 Å². The van der Waals surface area contributed by atoms with Gasteiger partial charge in [-0.05, 0) is 47.2 Å². The topological polar surface area (TPSA) is 41.1 Å². The summed E-state index contributed by atoms with van der Waals surface area (Å²) < 4.78 is 0. The number of carbonyl (C=O) groups excluding carboxylic acids is 1. The second-order valence-electron chi connectivity index (χ2n) is 7.76. The van der Waals surface area contributed by atoms with Crippen LogP contribution < -0.4 is 10.9 Å². The van der Waals surface area contributed by atoms with Crippen LogP contribution >= 0.6 is 0 Å². The summed E-state index contributed by atoms with van der Waals surface area (Å²) >= 11 is 0. The van der Waals surface area contributed by atoms with E-state index in [9.17, 15) is 4.79 Å². The van der Waals surface area contributed by atoms with Gasteiger partial charge in [0.2, 0.25) is 0 Å². The molecule has 3 rings (SSSR count). The molecule has 1 saturated heterocycles. The lowest BCUT2D eigenvalue weighted by Gasteiger charge is -2.22. The lowest BCUT2D eigenvalue weighted by Crippen LogP contribution is -2.38. The molecule has 1 amide bonds. The molecule has 2 aromatic rings. The highest BCUT2D eigenvalue weighted by Gasteiger charge is 2.35. The fourth-order valence-electron chi connectivity index (χ4n) is 3.14. The number of carbonyl (C=O) groups is 1. The molecule has 0 aromatic heterocycles. The summed E-state index contributed by atoms with van der Waals surface area (Å²) in [5.74, 6) is -0.0565. The van der Waals surface area contributed by atoms with Crippen LogP contribution in [0.15, 0.2) is 42.0 Å². The van der Waals surface area contributed by atoms with E-state index in [1.54, 1.807) is 0 Å². The Kier molecular flexibility index (Phi) is 3.56. The quantitative estimate of drug-likeness (QED) is 0.784. The van der Waals surface area contributed by atoms with E-state index in [0.29, 0.717) is 0 Å². The first-order valence-corrected chi connectivity index (χ1v) is 8.02. The molecular weight excluding hydrogens is 284 g/mol. The third-order valence-electron chi connectivity index (χ3n) is 4.47. The Balaban J connectivity index is 2.23. The Bertz CT molecular complexity index is 810. The van der Waals surface area contributed by atoms with E-state index in [2.05, 4.69) is 68.0 Å². The Labute approximate surface area is 137 Å². The minimum Gasteiger partial charge on any atom is -0.287 e. The third-order valence-corrected chi connectivity index (χ3v) is 4.47. The van der Waals surface area contributed by atoms with Gasteiger partial charge in [-0.2, -0.15) is 0 Å². The standard InChI is InChI=1S/C20H24N2O/c1-19(2,3)16-11-10-13(14-8-6-7-9-15(14)16)12-17-18(23)21-22-20(17,4)5/h6-12,22H,1-5H3,(H,21,23)/b17-12+. The molecule has 1 fully saturated rings. The maximum absolute atomic E-state index is 12.1. The van der Waals surface area contributed by atoms with Crippen LogP contribution in [0.4, 0.5) is 0 Å². The van der Waals surface area contributed by atoms with Crippen LogP contribution in [-0.4, -0.2) is 11.4 Å². The zero-order valence-electron chi connectivity index (χ0n) is 14.4. The summed E-state index contributed by atoms with van der Waals surface area (Å²) in [7, 11) is 0. The lowest BCUT2D eigenvalue weighted by atomic mass is 9.82. The maximum atomic E-state index is 12.1. The molecule has 0 atom stereocenters. The summed E-state index contributed by atoms with van der Waals surface area (Å²) in [6.45, 7) is 10.7. The molecule has 1 aliphatic rings. The van der Waals surface area contributed by atoms with Crippen LogP contribution in [0.2, 0.25) is 0 Å². The second-order valence-corrected chi connectivity index (χ2v) is 7.76. The van der Waals surface area contributed by atoms with Crippen LogP contribution in [0.5, 0.6) is 0 Å². The van der Waals surface area contributed by atoms with Crippen LogP contribution in [0.25, 0.3) is 16.8 Å². The van der Waals surface area contributed by atoms with Crippen LogP contribution in [0, 0.1) is 0 Å². The minimum atomic E-state index is -0.374. The van der Waals surface area contributed by atoms with Crippen molar-refractivity contribution < 1.29 is 4.79 Å². The van der Waals surface area contributed by atoms with Crippen molar-refractivity contribution in [2.45, 2.75) is 45.6 Å². The second kappa shape index (κ2) is 5.20. The summed E-state index contributed by atoms with van der Waals surface area (Å²) in [6.07, 6.45) is 2.00. The summed E-state index contributed by atoms with van der Waals surface area (Å²) in [5.41, 5.74) is 8.60. The number of amides is 1. The molecular formula is C20H24N2O. The van der Waals surface area contributed by atoms with Crippen molar-refractivity contribution >= 4 is 22.8 Å². The van der Waals surface area contributed by atoms with Crippen molar-refractivity contribution in [3.8, 4) is 0 Å². The smallest absolute Gasteiger partial charge is 0.263 e. The molecule has 0 spiro atoms. The fraction of sp³-hybridized carbons (Fsp3) is 0.350. The third kappa shape index (κ3) is 2.77. The number of benzene rings is 2. The monoisotopic (exact) mass is 308 g/mol. The van der Waals surface area contributed by atoms with Gasteiger partial charge in [-0.3, -0.25) is 10.2 Å². The van der Waals surface area contributed by atoms with Gasteiger partial charge in [0.25, 0.3) is 5.91 Å². The van der Waals surface area contributed by atoms with Crippen molar-refractivity contribution in [1.29, 1.82) is 0 Å². The maximum Gasteiger partial charge on any atom is 0.263 e. The highest BCUT2D eigenvalue weighted by atomic mass is 16.2. The predicted molar refractivity (Wildman–Crippen MR) is 96.0 cm³/mol. The highest BCUT2D eigenvalue weighted by molar-refractivity contribution is 6.04. The van der Waals surface area contributed by atoms with E-state index in [-0.39, 0.29) is 16.9 Å². The van der Waals surface area contributed by atoms with Crippen LogP contribution in [0.3, 0.4) is 0 Å². The minimum absolute atomic E-state index is 0.0565. The van der Waals surface area contributed by atoms with Gasteiger partial charge in [-0.15, -0.1) is 0 Å². The van der Waals surface area contributed by atoms with Gasteiger partial charge in [0, 0.05) is 5.57 Å². The van der Waals surface area contributed by atoms with Gasteiger partial charge < -0.3 is 0 Å².